The molecule has 1 saturated heterocycles. The van der Waals surface area contributed by atoms with E-state index in [0.717, 1.165) is 55.3 Å². The van der Waals surface area contributed by atoms with Crippen LogP contribution >= 0.6 is 0 Å². The van der Waals surface area contributed by atoms with Gasteiger partial charge in [0.1, 0.15) is 5.75 Å². The summed E-state index contributed by atoms with van der Waals surface area (Å²) in [6, 6.07) is 7.95. The molecular formula is C18H24N2O3. The predicted octanol–water partition coefficient (Wildman–Crippen LogP) is 3.42. The van der Waals surface area contributed by atoms with Crippen LogP contribution in [0.5, 0.6) is 5.75 Å². The summed E-state index contributed by atoms with van der Waals surface area (Å²) in [5.74, 6) is 2.93. The zero-order chi connectivity index (χ0) is 16.1. The normalized spacial score (nSPS) is 21.3. The van der Waals surface area contributed by atoms with Crippen LogP contribution in [-0.4, -0.2) is 30.0 Å². The number of methoxy groups -OCH3 is 1. The van der Waals surface area contributed by atoms with Gasteiger partial charge < -0.3 is 14.0 Å². The monoisotopic (exact) mass is 316 g/mol. The van der Waals surface area contributed by atoms with Gasteiger partial charge in [0.05, 0.1) is 13.2 Å². The van der Waals surface area contributed by atoms with Gasteiger partial charge >= 0.3 is 0 Å². The Balaban J connectivity index is 1.57. The second kappa shape index (κ2) is 7.59. The fourth-order valence-corrected chi connectivity index (χ4v) is 3.05. The second-order valence-electron chi connectivity index (χ2n) is 6.12. The summed E-state index contributed by atoms with van der Waals surface area (Å²) in [5.41, 5.74) is 1.15. The molecular weight excluding hydrogens is 292 g/mol. The van der Waals surface area contributed by atoms with Gasteiger partial charge in [0, 0.05) is 19.4 Å². The van der Waals surface area contributed by atoms with Gasteiger partial charge in [0.15, 0.2) is 5.82 Å². The largest absolute Gasteiger partial charge is 0.497 e. The Labute approximate surface area is 137 Å². The number of nitrogens with zero attached hydrogens (tertiary/aromatic N) is 2. The van der Waals surface area contributed by atoms with Crippen molar-refractivity contribution in [2.24, 2.45) is 5.92 Å². The van der Waals surface area contributed by atoms with Gasteiger partial charge in [-0.15, -0.1) is 0 Å². The number of benzene rings is 1. The second-order valence-corrected chi connectivity index (χ2v) is 6.12. The smallest absolute Gasteiger partial charge is 0.226 e. The number of ether oxygens (including phenoxy) is 2. The fourth-order valence-electron chi connectivity index (χ4n) is 3.05. The molecule has 1 aliphatic rings. The van der Waals surface area contributed by atoms with E-state index in [9.17, 15) is 0 Å². The van der Waals surface area contributed by atoms with Crippen LogP contribution in [0.3, 0.4) is 0 Å². The molecule has 1 aliphatic heterocycles. The molecule has 0 saturated carbocycles. The lowest BCUT2D eigenvalue weighted by molar-refractivity contribution is -0.0115. The Kier molecular flexibility index (Phi) is 5.28. The van der Waals surface area contributed by atoms with Gasteiger partial charge in [0.25, 0.3) is 0 Å². The first kappa shape index (κ1) is 16.0. The predicted molar refractivity (Wildman–Crippen MR) is 86.6 cm³/mol. The minimum atomic E-state index is 0.385. The first-order chi connectivity index (χ1) is 11.3. The number of hydrogen-bond donors (Lipinski definition) is 0. The highest BCUT2D eigenvalue weighted by atomic mass is 16.5. The maximum atomic E-state index is 5.72. The summed E-state index contributed by atoms with van der Waals surface area (Å²) < 4.78 is 16.3. The molecule has 0 amide bonds. The van der Waals surface area contributed by atoms with E-state index < -0.39 is 0 Å². The van der Waals surface area contributed by atoms with Gasteiger partial charge in [-0.05, 0) is 42.9 Å². The minimum absolute atomic E-state index is 0.385. The van der Waals surface area contributed by atoms with E-state index in [4.69, 9.17) is 14.0 Å². The Morgan fingerprint density at radius 2 is 2.09 bits per heavy atom. The first-order valence-electron chi connectivity index (χ1n) is 8.32. The number of rotatable bonds is 6. The van der Waals surface area contributed by atoms with Crippen LogP contribution in [0.15, 0.2) is 28.8 Å². The van der Waals surface area contributed by atoms with Crippen LogP contribution in [0.4, 0.5) is 0 Å². The van der Waals surface area contributed by atoms with E-state index in [0.29, 0.717) is 18.4 Å². The Morgan fingerprint density at radius 3 is 2.83 bits per heavy atom. The summed E-state index contributed by atoms with van der Waals surface area (Å²) >= 11 is 0. The van der Waals surface area contributed by atoms with E-state index in [1.807, 2.05) is 24.3 Å². The van der Waals surface area contributed by atoms with Crippen LogP contribution in [-0.2, 0) is 17.6 Å². The van der Waals surface area contributed by atoms with Crippen LogP contribution in [0.25, 0.3) is 0 Å². The zero-order valence-electron chi connectivity index (χ0n) is 13.8. The molecule has 0 spiro atoms. The van der Waals surface area contributed by atoms with Crippen LogP contribution in [0.2, 0.25) is 0 Å². The van der Waals surface area contributed by atoms with Gasteiger partial charge in [-0.3, -0.25) is 0 Å². The maximum Gasteiger partial charge on any atom is 0.226 e. The summed E-state index contributed by atoms with van der Waals surface area (Å²) in [4.78, 5) is 4.54. The van der Waals surface area contributed by atoms with E-state index in [1.54, 1.807) is 7.11 Å². The van der Waals surface area contributed by atoms with E-state index >= 15 is 0 Å². The topological polar surface area (TPSA) is 57.4 Å². The van der Waals surface area contributed by atoms with Crippen molar-refractivity contribution in [2.75, 3.05) is 13.7 Å². The van der Waals surface area contributed by atoms with Crippen LogP contribution in [0, 0.1) is 5.92 Å². The highest BCUT2D eigenvalue weighted by molar-refractivity contribution is 5.28. The van der Waals surface area contributed by atoms with Gasteiger partial charge in [-0.2, -0.15) is 4.98 Å². The van der Waals surface area contributed by atoms with Crippen molar-refractivity contribution in [1.29, 1.82) is 0 Å². The number of hydrogen-bond acceptors (Lipinski definition) is 5. The zero-order valence-corrected chi connectivity index (χ0v) is 13.8. The molecule has 1 aromatic heterocycles. The molecule has 1 aromatic carbocycles. The van der Waals surface area contributed by atoms with E-state index in [2.05, 4.69) is 17.1 Å². The van der Waals surface area contributed by atoms with Crippen molar-refractivity contribution in [3.8, 4) is 5.75 Å². The van der Waals surface area contributed by atoms with Crippen molar-refractivity contribution in [1.82, 2.24) is 10.1 Å². The highest BCUT2D eigenvalue weighted by Crippen LogP contribution is 2.25. The van der Waals surface area contributed by atoms with Gasteiger partial charge in [0.2, 0.25) is 5.89 Å². The summed E-state index contributed by atoms with van der Waals surface area (Å²) in [7, 11) is 1.67. The van der Waals surface area contributed by atoms with Gasteiger partial charge in [-0.25, -0.2) is 0 Å². The summed E-state index contributed by atoms with van der Waals surface area (Å²) in [6.07, 6.45) is 5.16. The average molecular weight is 316 g/mol. The first-order valence-corrected chi connectivity index (χ1v) is 8.32. The fraction of sp³-hybridized carbons (Fsp3) is 0.556. The molecule has 2 aromatic rings. The van der Waals surface area contributed by atoms with Crippen LogP contribution < -0.4 is 4.74 Å². The third-order valence-corrected chi connectivity index (χ3v) is 4.43. The lowest BCUT2D eigenvalue weighted by Gasteiger charge is -2.27. The molecule has 3 rings (SSSR count). The minimum Gasteiger partial charge on any atom is -0.497 e. The van der Waals surface area contributed by atoms with Crippen molar-refractivity contribution < 1.29 is 14.0 Å². The van der Waals surface area contributed by atoms with E-state index in [1.165, 1.54) is 0 Å². The Morgan fingerprint density at radius 1 is 1.26 bits per heavy atom. The van der Waals surface area contributed by atoms with Crippen LogP contribution in [0.1, 0.15) is 43.5 Å². The molecule has 0 bridgehead atoms. The Bertz CT molecular complexity index is 609. The molecule has 5 heteroatoms. The molecule has 0 N–H and O–H groups in total. The molecule has 0 radical (unpaired) electrons. The lowest BCUT2D eigenvalue weighted by atomic mass is 9.91. The molecule has 2 heterocycles. The molecule has 0 aliphatic carbocycles. The molecule has 0 unspecified atom stereocenters. The van der Waals surface area contributed by atoms with Crippen molar-refractivity contribution >= 4 is 0 Å². The molecule has 23 heavy (non-hydrogen) atoms. The molecule has 5 nitrogen and oxygen atoms in total. The highest BCUT2D eigenvalue weighted by Gasteiger charge is 2.23. The molecule has 1 fully saturated rings. The Hall–Kier alpha value is -1.88. The lowest BCUT2D eigenvalue weighted by Crippen LogP contribution is -2.26. The van der Waals surface area contributed by atoms with Crippen molar-refractivity contribution in [3.05, 3.63) is 41.5 Å². The average Bonchev–Trinajstić information content (AvgIpc) is 3.02. The SMILES string of the molecule is CC[C@@H]1C[C@H](Cc2nc(Cc3ccc(OC)cc3)no2)CCO1. The number of aromatic nitrogens is 2. The maximum absolute atomic E-state index is 5.72. The van der Waals surface area contributed by atoms with E-state index in [-0.39, 0.29) is 0 Å². The summed E-state index contributed by atoms with van der Waals surface area (Å²) in [5, 5.41) is 4.11. The van der Waals surface area contributed by atoms with Crippen molar-refractivity contribution in [2.45, 2.75) is 45.1 Å². The van der Waals surface area contributed by atoms with Crippen molar-refractivity contribution in [3.63, 3.8) is 0 Å². The third kappa shape index (κ3) is 4.32. The molecule has 2 atom stereocenters. The quantitative estimate of drug-likeness (QED) is 0.817. The van der Waals surface area contributed by atoms with Gasteiger partial charge in [-0.1, -0.05) is 24.2 Å². The third-order valence-electron chi connectivity index (χ3n) is 4.43. The standard InChI is InChI=1S/C18H24N2O3/c1-3-15-10-14(8-9-22-15)12-18-19-17(20-23-18)11-13-4-6-16(21-2)7-5-13/h4-7,14-15H,3,8-12H2,1-2H3/t14-,15-/m1/s1. The molecule has 124 valence electrons. The summed E-state index contributed by atoms with van der Waals surface area (Å²) in [6.45, 7) is 3.02.